The molecule has 0 rings (SSSR count). The van der Waals surface area contributed by atoms with Gasteiger partial charge in [-0.1, -0.05) is 109 Å². The standard InChI is InChI=1S/C27H56/c1-13-15-16-17-25(27(11,12)22(6)18-21(5)14-2)23(7)24(8)26(9,10)19-20(3)4/h20-25H,13-19H2,1-12H3. The predicted molar refractivity (Wildman–Crippen MR) is 126 cm³/mol. The lowest BCUT2D eigenvalue weighted by Crippen LogP contribution is -2.41. The SMILES string of the molecule is CCCCCC(C(C)C(C)C(C)(C)CC(C)C)C(C)(C)C(C)CC(C)CC. The van der Waals surface area contributed by atoms with Crippen molar-refractivity contribution in [2.75, 3.05) is 0 Å². The van der Waals surface area contributed by atoms with Crippen molar-refractivity contribution in [2.45, 2.75) is 128 Å². The van der Waals surface area contributed by atoms with Crippen LogP contribution >= 0.6 is 0 Å². The first-order valence-corrected chi connectivity index (χ1v) is 12.3. The first-order valence-electron chi connectivity index (χ1n) is 12.3. The number of hydrogen-bond donors (Lipinski definition) is 0. The number of rotatable bonds is 14. The lowest BCUT2D eigenvalue weighted by atomic mass is 9.57. The molecule has 0 aliphatic rings. The van der Waals surface area contributed by atoms with E-state index in [1.807, 2.05) is 0 Å². The van der Waals surface area contributed by atoms with E-state index in [1.165, 1.54) is 44.9 Å². The van der Waals surface area contributed by atoms with Crippen LogP contribution in [0.25, 0.3) is 0 Å². The fourth-order valence-corrected chi connectivity index (χ4v) is 5.66. The molecule has 0 amide bonds. The molecule has 0 saturated carbocycles. The molecule has 0 spiro atoms. The van der Waals surface area contributed by atoms with Gasteiger partial charge in [0, 0.05) is 0 Å². The van der Waals surface area contributed by atoms with Crippen LogP contribution in [0.2, 0.25) is 0 Å². The summed E-state index contributed by atoms with van der Waals surface area (Å²) in [7, 11) is 0. The highest BCUT2D eigenvalue weighted by atomic mass is 14.5. The molecule has 0 N–H and O–H groups in total. The molecule has 0 fully saturated rings. The maximum Gasteiger partial charge on any atom is -0.0297 e. The molecular weight excluding hydrogens is 324 g/mol. The Balaban J connectivity index is 5.53. The molecule has 0 bridgehead atoms. The van der Waals surface area contributed by atoms with E-state index in [9.17, 15) is 0 Å². The Labute approximate surface area is 174 Å². The Bertz CT molecular complexity index is 375. The van der Waals surface area contributed by atoms with Gasteiger partial charge in [0.25, 0.3) is 0 Å². The highest BCUT2D eigenvalue weighted by molar-refractivity contribution is 4.91. The van der Waals surface area contributed by atoms with E-state index in [0.29, 0.717) is 10.8 Å². The summed E-state index contributed by atoms with van der Waals surface area (Å²) in [5.41, 5.74) is 0.839. The normalized spacial score (nSPS) is 19.0. The summed E-state index contributed by atoms with van der Waals surface area (Å²) < 4.78 is 0. The molecule has 164 valence electrons. The molecule has 0 aliphatic carbocycles. The predicted octanol–water partition coefficient (Wildman–Crippen LogP) is 9.63. The fourth-order valence-electron chi connectivity index (χ4n) is 5.66. The summed E-state index contributed by atoms with van der Waals surface area (Å²) in [6.45, 7) is 29.8. The molecule has 0 aliphatic heterocycles. The van der Waals surface area contributed by atoms with Crippen LogP contribution in [-0.2, 0) is 0 Å². The fraction of sp³-hybridized carbons (Fsp3) is 1.00. The minimum atomic E-state index is 0.415. The van der Waals surface area contributed by atoms with Gasteiger partial charge in [-0.15, -0.1) is 0 Å². The summed E-state index contributed by atoms with van der Waals surface area (Å²) in [4.78, 5) is 0. The Kier molecular flexibility index (Phi) is 11.9. The zero-order valence-electron chi connectivity index (χ0n) is 21.4. The van der Waals surface area contributed by atoms with Crippen LogP contribution in [0.4, 0.5) is 0 Å². The molecule has 0 radical (unpaired) electrons. The van der Waals surface area contributed by atoms with Crippen molar-refractivity contribution in [2.24, 2.45) is 46.3 Å². The summed E-state index contributed by atoms with van der Waals surface area (Å²) in [5, 5.41) is 0. The van der Waals surface area contributed by atoms with Crippen molar-refractivity contribution in [3.8, 4) is 0 Å². The summed E-state index contributed by atoms with van der Waals surface area (Å²) in [6, 6.07) is 0. The highest BCUT2D eigenvalue weighted by Crippen LogP contribution is 2.50. The molecule has 5 unspecified atom stereocenters. The van der Waals surface area contributed by atoms with Gasteiger partial charge in [-0.3, -0.25) is 0 Å². The molecule has 0 heteroatoms. The van der Waals surface area contributed by atoms with E-state index in [1.54, 1.807) is 0 Å². The van der Waals surface area contributed by atoms with E-state index in [4.69, 9.17) is 0 Å². The summed E-state index contributed by atoms with van der Waals surface area (Å²) in [5.74, 6) is 4.80. The quantitative estimate of drug-likeness (QED) is 0.263. The second-order valence-corrected chi connectivity index (χ2v) is 11.8. The third-order valence-corrected chi connectivity index (χ3v) is 8.39. The average Bonchev–Trinajstić information content (AvgIpc) is 2.55. The third kappa shape index (κ3) is 8.49. The molecule has 0 aromatic rings. The Morgan fingerprint density at radius 1 is 0.778 bits per heavy atom. The second kappa shape index (κ2) is 11.9. The third-order valence-electron chi connectivity index (χ3n) is 8.39. The molecule has 5 atom stereocenters. The van der Waals surface area contributed by atoms with Crippen molar-refractivity contribution in [3.63, 3.8) is 0 Å². The van der Waals surface area contributed by atoms with Gasteiger partial charge in [0.2, 0.25) is 0 Å². The van der Waals surface area contributed by atoms with Gasteiger partial charge in [0.15, 0.2) is 0 Å². The van der Waals surface area contributed by atoms with Crippen LogP contribution in [0.5, 0.6) is 0 Å². The van der Waals surface area contributed by atoms with E-state index in [-0.39, 0.29) is 0 Å². The zero-order chi connectivity index (χ0) is 21.4. The smallest absolute Gasteiger partial charge is 0.0297 e. The summed E-state index contributed by atoms with van der Waals surface area (Å²) >= 11 is 0. The highest BCUT2D eigenvalue weighted by Gasteiger charge is 2.42. The lowest BCUT2D eigenvalue weighted by molar-refractivity contribution is 0.00605. The van der Waals surface area contributed by atoms with Gasteiger partial charge in [0.1, 0.15) is 0 Å². The van der Waals surface area contributed by atoms with Gasteiger partial charge in [-0.25, -0.2) is 0 Å². The molecular formula is C27H56. The first-order chi connectivity index (χ1) is 12.3. The first kappa shape index (κ1) is 27.0. The average molecular weight is 381 g/mol. The molecule has 27 heavy (non-hydrogen) atoms. The van der Waals surface area contributed by atoms with E-state index in [2.05, 4.69) is 83.1 Å². The Hall–Kier alpha value is 0. The molecule has 0 nitrogen and oxygen atoms in total. The van der Waals surface area contributed by atoms with Gasteiger partial charge in [-0.05, 0) is 65.6 Å². The van der Waals surface area contributed by atoms with Gasteiger partial charge >= 0.3 is 0 Å². The maximum atomic E-state index is 2.59. The Morgan fingerprint density at radius 3 is 1.78 bits per heavy atom. The van der Waals surface area contributed by atoms with Crippen LogP contribution in [0.3, 0.4) is 0 Å². The van der Waals surface area contributed by atoms with Crippen molar-refractivity contribution in [1.29, 1.82) is 0 Å². The molecule has 0 heterocycles. The van der Waals surface area contributed by atoms with Crippen LogP contribution in [0, 0.1) is 46.3 Å². The topological polar surface area (TPSA) is 0 Å². The van der Waals surface area contributed by atoms with E-state index >= 15 is 0 Å². The maximum absolute atomic E-state index is 2.59. The second-order valence-electron chi connectivity index (χ2n) is 11.8. The zero-order valence-corrected chi connectivity index (χ0v) is 21.4. The monoisotopic (exact) mass is 380 g/mol. The van der Waals surface area contributed by atoms with Crippen LogP contribution < -0.4 is 0 Å². The molecule has 0 saturated heterocycles. The number of unbranched alkanes of at least 4 members (excludes halogenated alkanes) is 2. The van der Waals surface area contributed by atoms with Crippen LogP contribution in [0.15, 0.2) is 0 Å². The van der Waals surface area contributed by atoms with E-state index in [0.717, 1.165) is 35.5 Å². The van der Waals surface area contributed by atoms with Crippen molar-refractivity contribution in [3.05, 3.63) is 0 Å². The van der Waals surface area contributed by atoms with Crippen molar-refractivity contribution >= 4 is 0 Å². The van der Waals surface area contributed by atoms with Gasteiger partial charge in [-0.2, -0.15) is 0 Å². The van der Waals surface area contributed by atoms with Crippen molar-refractivity contribution in [1.82, 2.24) is 0 Å². The van der Waals surface area contributed by atoms with Crippen LogP contribution in [-0.4, -0.2) is 0 Å². The summed E-state index contributed by atoms with van der Waals surface area (Å²) in [6.07, 6.45) is 9.57. The minimum absolute atomic E-state index is 0.415. The largest absolute Gasteiger partial charge is 0.0654 e. The van der Waals surface area contributed by atoms with Crippen LogP contribution in [0.1, 0.15) is 128 Å². The van der Waals surface area contributed by atoms with Crippen molar-refractivity contribution < 1.29 is 0 Å². The van der Waals surface area contributed by atoms with Gasteiger partial charge in [0.05, 0.1) is 0 Å². The van der Waals surface area contributed by atoms with Gasteiger partial charge < -0.3 is 0 Å². The number of hydrogen-bond acceptors (Lipinski definition) is 0. The Morgan fingerprint density at radius 2 is 1.33 bits per heavy atom. The van der Waals surface area contributed by atoms with E-state index < -0.39 is 0 Å². The lowest BCUT2D eigenvalue weighted by Gasteiger charge is -2.48. The minimum Gasteiger partial charge on any atom is -0.0654 e. The molecule has 0 aromatic heterocycles. The molecule has 0 aromatic carbocycles.